The van der Waals surface area contributed by atoms with Crippen LogP contribution in [0.4, 0.5) is 4.79 Å². The molecule has 0 saturated carbocycles. The highest BCUT2D eigenvalue weighted by Crippen LogP contribution is 2.44. The van der Waals surface area contributed by atoms with Crippen molar-refractivity contribution in [2.24, 2.45) is 0 Å². The first-order valence-electron chi connectivity index (χ1n) is 7.60. The fourth-order valence-corrected chi connectivity index (χ4v) is 3.17. The number of benzene rings is 2. The van der Waals surface area contributed by atoms with Crippen molar-refractivity contribution in [3.8, 4) is 11.1 Å². The molecule has 1 aliphatic carbocycles. The monoisotopic (exact) mass is 304 g/mol. The van der Waals surface area contributed by atoms with E-state index in [1.54, 1.807) is 12.4 Å². The molecule has 0 atom stereocenters. The summed E-state index contributed by atoms with van der Waals surface area (Å²) in [6, 6.07) is 16.6. The predicted molar refractivity (Wildman–Crippen MR) is 87.4 cm³/mol. The smallest absolute Gasteiger partial charge is 0.434 e. The molecule has 1 heterocycles. The van der Waals surface area contributed by atoms with Gasteiger partial charge in [0.1, 0.15) is 6.61 Å². The Labute approximate surface area is 134 Å². The first-order chi connectivity index (χ1) is 11.2. The molecule has 3 aromatic rings. The third kappa shape index (κ3) is 2.32. The molecule has 0 unspecified atom stereocenters. The molecule has 0 saturated heterocycles. The van der Waals surface area contributed by atoms with Gasteiger partial charge in [-0.05, 0) is 34.7 Å². The lowest BCUT2D eigenvalue weighted by molar-refractivity contribution is 0.141. The van der Waals surface area contributed by atoms with E-state index in [0.29, 0.717) is 6.61 Å². The Kier molecular flexibility index (Phi) is 3.23. The molecule has 4 rings (SSSR count). The van der Waals surface area contributed by atoms with Gasteiger partial charge in [-0.15, -0.1) is 0 Å². The van der Waals surface area contributed by atoms with Crippen molar-refractivity contribution in [2.75, 3.05) is 6.61 Å². The second kappa shape index (κ2) is 5.39. The maximum atomic E-state index is 12.1. The highest BCUT2D eigenvalue weighted by molar-refractivity contribution is 5.79. The van der Waals surface area contributed by atoms with Crippen LogP contribution in [-0.2, 0) is 4.74 Å². The normalized spacial score (nSPS) is 12.7. The van der Waals surface area contributed by atoms with E-state index in [0.717, 1.165) is 5.56 Å². The third-order valence-electron chi connectivity index (χ3n) is 4.23. The Hall–Kier alpha value is -2.88. The van der Waals surface area contributed by atoms with E-state index >= 15 is 0 Å². The summed E-state index contributed by atoms with van der Waals surface area (Å²) in [4.78, 5) is 12.1. The zero-order valence-corrected chi connectivity index (χ0v) is 12.8. The molecule has 0 radical (unpaired) electrons. The Bertz CT molecular complexity index is 837. The van der Waals surface area contributed by atoms with Crippen molar-refractivity contribution in [3.05, 3.63) is 77.6 Å². The molecule has 114 valence electrons. The molecule has 0 amide bonds. The number of carbonyl (C=O) groups excluding carboxylic acids is 1. The molecule has 0 bridgehead atoms. The lowest BCUT2D eigenvalue weighted by Crippen LogP contribution is -2.18. The molecular weight excluding hydrogens is 288 g/mol. The van der Waals surface area contributed by atoms with Crippen LogP contribution in [0, 0.1) is 6.92 Å². The highest BCUT2D eigenvalue weighted by Gasteiger charge is 2.29. The standard InChI is InChI=1S/C19H16N2O2/c1-13-10-20-21(11-13)19(22)23-12-18-16-8-4-2-6-14(16)15-7-3-5-9-17(15)18/h2-11,18H,12H2,1H3. The Morgan fingerprint density at radius 1 is 1.09 bits per heavy atom. The zero-order valence-electron chi connectivity index (χ0n) is 12.8. The van der Waals surface area contributed by atoms with Crippen molar-refractivity contribution in [1.29, 1.82) is 0 Å². The van der Waals surface area contributed by atoms with Crippen LogP contribution in [0.15, 0.2) is 60.9 Å². The van der Waals surface area contributed by atoms with Gasteiger partial charge in [0.15, 0.2) is 0 Å². The van der Waals surface area contributed by atoms with Gasteiger partial charge in [-0.3, -0.25) is 0 Å². The summed E-state index contributed by atoms with van der Waals surface area (Å²) in [6.07, 6.45) is 2.86. The molecule has 4 heteroatoms. The lowest BCUT2D eigenvalue weighted by Gasteiger charge is -2.13. The van der Waals surface area contributed by atoms with Gasteiger partial charge in [0, 0.05) is 12.1 Å². The van der Waals surface area contributed by atoms with Crippen molar-refractivity contribution in [2.45, 2.75) is 12.8 Å². The largest absolute Gasteiger partial charge is 0.447 e. The lowest BCUT2D eigenvalue weighted by atomic mass is 9.98. The second-order valence-electron chi connectivity index (χ2n) is 5.77. The molecule has 23 heavy (non-hydrogen) atoms. The van der Waals surface area contributed by atoms with E-state index in [1.165, 1.54) is 26.9 Å². The molecular formula is C19H16N2O2. The summed E-state index contributed by atoms with van der Waals surface area (Å²) in [5.74, 6) is 0.0722. The number of nitrogens with zero attached hydrogens (tertiary/aromatic N) is 2. The van der Waals surface area contributed by atoms with Gasteiger partial charge < -0.3 is 4.74 Å². The Balaban J connectivity index is 1.61. The molecule has 1 aliphatic rings. The second-order valence-corrected chi connectivity index (χ2v) is 5.77. The average molecular weight is 304 g/mol. The minimum absolute atomic E-state index is 0.0722. The Morgan fingerprint density at radius 3 is 2.26 bits per heavy atom. The van der Waals surface area contributed by atoms with Crippen LogP contribution in [-0.4, -0.2) is 22.5 Å². The van der Waals surface area contributed by atoms with Gasteiger partial charge in [-0.2, -0.15) is 9.78 Å². The van der Waals surface area contributed by atoms with Gasteiger partial charge in [-0.25, -0.2) is 4.79 Å². The first kappa shape index (κ1) is 13.8. The van der Waals surface area contributed by atoms with Crippen LogP contribution in [0.2, 0.25) is 0 Å². The first-order valence-corrected chi connectivity index (χ1v) is 7.60. The number of hydrogen-bond donors (Lipinski definition) is 0. The molecule has 0 fully saturated rings. The van der Waals surface area contributed by atoms with Crippen LogP contribution in [0.3, 0.4) is 0 Å². The van der Waals surface area contributed by atoms with E-state index < -0.39 is 6.09 Å². The van der Waals surface area contributed by atoms with E-state index in [9.17, 15) is 4.79 Å². The summed E-state index contributed by atoms with van der Waals surface area (Å²) >= 11 is 0. The molecule has 0 N–H and O–H groups in total. The number of fused-ring (bicyclic) bond motifs is 3. The maximum Gasteiger partial charge on any atom is 0.434 e. The van der Waals surface area contributed by atoms with Gasteiger partial charge in [0.05, 0.1) is 6.20 Å². The molecule has 2 aromatic carbocycles. The number of hydrogen-bond acceptors (Lipinski definition) is 3. The van der Waals surface area contributed by atoms with Gasteiger partial charge >= 0.3 is 6.09 Å². The fourth-order valence-electron chi connectivity index (χ4n) is 3.17. The van der Waals surface area contributed by atoms with Crippen molar-refractivity contribution in [3.63, 3.8) is 0 Å². The maximum absolute atomic E-state index is 12.1. The van der Waals surface area contributed by atoms with Crippen molar-refractivity contribution < 1.29 is 9.53 Å². The minimum atomic E-state index is -0.444. The highest BCUT2D eigenvalue weighted by atomic mass is 16.6. The number of aromatic nitrogens is 2. The van der Waals surface area contributed by atoms with E-state index in [1.807, 2.05) is 31.2 Å². The fraction of sp³-hybridized carbons (Fsp3) is 0.158. The quantitative estimate of drug-likeness (QED) is 0.719. The number of ether oxygens (including phenoxy) is 1. The molecule has 0 spiro atoms. The Morgan fingerprint density at radius 2 is 1.70 bits per heavy atom. The summed E-state index contributed by atoms with van der Waals surface area (Å²) < 4.78 is 6.74. The summed E-state index contributed by atoms with van der Waals surface area (Å²) in [5, 5.41) is 3.99. The summed E-state index contributed by atoms with van der Waals surface area (Å²) in [7, 11) is 0. The predicted octanol–water partition coefficient (Wildman–Crippen LogP) is 3.99. The van der Waals surface area contributed by atoms with E-state index in [2.05, 4.69) is 29.4 Å². The molecule has 1 aromatic heterocycles. The van der Waals surface area contributed by atoms with Crippen molar-refractivity contribution >= 4 is 6.09 Å². The van der Waals surface area contributed by atoms with Crippen molar-refractivity contribution in [1.82, 2.24) is 9.78 Å². The minimum Gasteiger partial charge on any atom is -0.447 e. The number of rotatable bonds is 2. The topological polar surface area (TPSA) is 44.1 Å². The van der Waals surface area contributed by atoms with E-state index in [4.69, 9.17) is 4.74 Å². The molecule has 0 aliphatic heterocycles. The summed E-state index contributed by atoms with van der Waals surface area (Å²) in [5.41, 5.74) is 5.79. The van der Waals surface area contributed by atoms with Gasteiger partial charge in [-0.1, -0.05) is 48.5 Å². The summed E-state index contributed by atoms with van der Waals surface area (Å²) in [6.45, 7) is 2.20. The van der Waals surface area contributed by atoms with Gasteiger partial charge in [0.25, 0.3) is 0 Å². The van der Waals surface area contributed by atoms with Gasteiger partial charge in [0.2, 0.25) is 0 Å². The van der Waals surface area contributed by atoms with Crippen LogP contribution in [0.5, 0.6) is 0 Å². The zero-order chi connectivity index (χ0) is 15.8. The van der Waals surface area contributed by atoms with Crippen LogP contribution in [0.1, 0.15) is 22.6 Å². The average Bonchev–Trinajstić information content (AvgIpc) is 3.15. The molecule has 4 nitrogen and oxygen atoms in total. The van der Waals surface area contributed by atoms with Crippen LogP contribution < -0.4 is 0 Å². The third-order valence-corrected chi connectivity index (χ3v) is 4.23. The van der Waals surface area contributed by atoms with E-state index in [-0.39, 0.29) is 5.92 Å². The number of aryl methyl sites for hydroxylation is 1. The van der Waals surface area contributed by atoms with Crippen LogP contribution >= 0.6 is 0 Å². The number of carbonyl (C=O) groups is 1. The SMILES string of the molecule is Cc1cnn(C(=O)OCC2c3ccccc3-c3ccccc32)c1. The van der Waals surface area contributed by atoms with Crippen LogP contribution in [0.25, 0.3) is 11.1 Å².